The molecule has 0 spiro atoms. The number of aromatic hydroxyl groups is 1. The number of phenolic OH excluding ortho intramolecular Hbond substituents is 1. The van der Waals surface area contributed by atoms with Crippen LogP contribution in [0.15, 0.2) is 74.4 Å². The van der Waals surface area contributed by atoms with E-state index >= 15 is 0 Å². The van der Waals surface area contributed by atoms with Gasteiger partial charge in [0.25, 0.3) is 10.0 Å². The standard InChI is InChI=1S/C21H18BrClN2O3S/c1-13-12-18(26)19(22)14(2)20(13)24-21(15-6-4-3-5-7-15)25-29(27,28)17-10-8-16(23)9-11-17/h3-12,26H,1-2H3,(H,24,25). The Morgan fingerprint density at radius 1 is 1.07 bits per heavy atom. The molecule has 0 radical (unpaired) electrons. The first-order chi connectivity index (χ1) is 13.7. The fourth-order valence-electron chi connectivity index (χ4n) is 2.77. The Morgan fingerprint density at radius 2 is 1.69 bits per heavy atom. The van der Waals surface area contributed by atoms with Gasteiger partial charge in [-0.1, -0.05) is 41.9 Å². The minimum absolute atomic E-state index is 0.0393. The molecule has 8 heteroatoms. The lowest BCUT2D eigenvalue weighted by atomic mass is 10.1. The first-order valence-electron chi connectivity index (χ1n) is 8.60. The van der Waals surface area contributed by atoms with Crippen LogP contribution in [-0.2, 0) is 10.0 Å². The molecule has 0 aliphatic carbocycles. The van der Waals surface area contributed by atoms with Crippen LogP contribution in [0.4, 0.5) is 5.69 Å². The topological polar surface area (TPSA) is 78.8 Å². The molecule has 150 valence electrons. The second-order valence-electron chi connectivity index (χ2n) is 6.39. The largest absolute Gasteiger partial charge is 0.507 e. The van der Waals surface area contributed by atoms with Crippen molar-refractivity contribution < 1.29 is 13.5 Å². The molecular formula is C21H18BrClN2O3S. The molecule has 0 unspecified atom stereocenters. The highest BCUT2D eigenvalue weighted by atomic mass is 79.9. The molecular weight excluding hydrogens is 476 g/mol. The maximum Gasteiger partial charge on any atom is 0.284 e. The maximum absolute atomic E-state index is 12.9. The van der Waals surface area contributed by atoms with E-state index in [9.17, 15) is 13.5 Å². The van der Waals surface area contributed by atoms with Gasteiger partial charge in [-0.3, -0.25) is 0 Å². The second kappa shape index (κ2) is 8.57. The van der Waals surface area contributed by atoms with Crippen molar-refractivity contribution in [3.8, 4) is 5.75 Å². The number of halogens is 2. The second-order valence-corrected chi connectivity index (χ2v) is 9.22. The smallest absolute Gasteiger partial charge is 0.284 e. The van der Waals surface area contributed by atoms with Gasteiger partial charge in [-0.05, 0) is 71.2 Å². The number of phenols is 1. The van der Waals surface area contributed by atoms with Crippen LogP contribution in [0.5, 0.6) is 5.75 Å². The fourth-order valence-corrected chi connectivity index (χ4v) is 4.19. The van der Waals surface area contributed by atoms with E-state index in [2.05, 4.69) is 25.6 Å². The Kier molecular flexibility index (Phi) is 6.31. The van der Waals surface area contributed by atoms with Gasteiger partial charge in [-0.15, -0.1) is 4.40 Å². The molecule has 0 atom stereocenters. The molecule has 0 aliphatic rings. The molecule has 0 bridgehead atoms. The van der Waals surface area contributed by atoms with Gasteiger partial charge in [-0.25, -0.2) is 0 Å². The molecule has 3 aromatic rings. The summed E-state index contributed by atoms with van der Waals surface area (Å²) in [5.74, 6) is 0.280. The van der Waals surface area contributed by atoms with E-state index in [1.807, 2.05) is 19.9 Å². The zero-order valence-electron chi connectivity index (χ0n) is 15.6. The quantitative estimate of drug-likeness (QED) is 0.279. The number of nitrogens with zero attached hydrogens (tertiary/aromatic N) is 1. The summed E-state index contributed by atoms with van der Waals surface area (Å²) in [6.07, 6.45) is 0. The van der Waals surface area contributed by atoms with Gasteiger partial charge < -0.3 is 10.4 Å². The minimum atomic E-state index is -3.98. The third kappa shape index (κ3) is 4.80. The maximum atomic E-state index is 12.9. The predicted octanol–water partition coefficient (Wildman–Crippen LogP) is 5.67. The summed E-state index contributed by atoms with van der Waals surface area (Å²) in [6.45, 7) is 3.63. The normalized spacial score (nSPS) is 12.1. The van der Waals surface area contributed by atoms with Gasteiger partial charge in [0.05, 0.1) is 9.37 Å². The van der Waals surface area contributed by atoms with Crippen molar-refractivity contribution in [2.24, 2.45) is 4.40 Å². The van der Waals surface area contributed by atoms with E-state index < -0.39 is 10.0 Å². The van der Waals surface area contributed by atoms with Gasteiger partial charge in [0.1, 0.15) is 5.75 Å². The van der Waals surface area contributed by atoms with Crippen molar-refractivity contribution in [3.63, 3.8) is 0 Å². The van der Waals surface area contributed by atoms with Gasteiger partial charge >= 0.3 is 0 Å². The lowest BCUT2D eigenvalue weighted by molar-refractivity contribution is 0.471. The van der Waals surface area contributed by atoms with Gasteiger partial charge in [0.15, 0.2) is 5.84 Å². The first-order valence-corrected chi connectivity index (χ1v) is 11.2. The van der Waals surface area contributed by atoms with Crippen LogP contribution in [0.3, 0.4) is 0 Å². The Bertz CT molecular complexity index is 1180. The lowest BCUT2D eigenvalue weighted by Crippen LogP contribution is -2.18. The third-order valence-corrected chi connectivity index (χ3v) is 6.83. The molecule has 0 amide bonds. The van der Waals surface area contributed by atoms with Gasteiger partial charge in [0.2, 0.25) is 0 Å². The van der Waals surface area contributed by atoms with Crippen LogP contribution >= 0.6 is 27.5 Å². The van der Waals surface area contributed by atoms with Crippen LogP contribution < -0.4 is 5.32 Å². The number of aryl methyl sites for hydroxylation is 1. The summed E-state index contributed by atoms with van der Waals surface area (Å²) in [7, 11) is -3.98. The Morgan fingerprint density at radius 3 is 2.31 bits per heavy atom. The Balaban J connectivity index is 2.14. The number of amidine groups is 1. The zero-order chi connectivity index (χ0) is 21.2. The summed E-state index contributed by atoms with van der Waals surface area (Å²) in [5, 5.41) is 13.6. The highest BCUT2D eigenvalue weighted by Gasteiger charge is 2.18. The Hall–Kier alpha value is -2.35. The monoisotopic (exact) mass is 492 g/mol. The lowest BCUT2D eigenvalue weighted by Gasteiger charge is -2.17. The number of nitrogens with one attached hydrogen (secondary N) is 1. The SMILES string of the molecule is Cc1cc(O)c(Br)c(C)c1NC(=NS(=O)(=O)c1ccc(Cl)cc1)c1ccccc1. The van der Waals surface area contributed by atoms with E-state index in [0.29, 0.717) is 20.7 Å². The number of sulfonamides is 1. The van der Waals surface area contributed by atoms with Crippen molar-refractivity contribution in [3.05, 3.63) is 86.8 Å². The average Bonchev–Trinajstić information content (AvgIpc) is 2.69. The van der Waals surface area contributed by atoms with E-state index in [1.165, 1.54) is 24.3 Å². The molecule has 29 heavy (non-hydrogen) atoms. The molecule has 3 aromatic carbocycles. The molecule has 0 aliphatic heterocycles. The predicted molar refractivity (Wildman–Crippen MR) is 121 cm³/mol. The molecule has 0 heterocycles. The number of hydrogen-bond acceptors (Lipinski definition) is 3. The number of rotatable bonds is 4. The van der Waals surface area contributed by atoms with Crippen LogP contribution in [0, 0.1) is 13.8 Å². The van der Waals surface area contributed by atoms with E-state index in [-0.39, 0.29) is 16.5 Å². The van der Waals surface area contributed by atoms with Crippen LogP contribution in [0.2, 0.25) is 5.02 Å². The summed E-state index contributed by atoms with van der Waals surface area (Å²) < 4.78 is 30.4. The number of hydrogen-bond donors (Lipinski definition) is 2. The van der Waals surface area contributed by atoms with Gasteiger partial charge in [0, 0.05) is 16.3 Å². The highest BCUT2D eigenvalue weighted by Crippen LogP contribution is 2.35. The van der Waals surface area contributed by atoms with Crippen molar-refractivity contribution in [2.75, 3.05) is 5.32 Å². The van der Waals surface area contributed by atoms with Gasteiger partial charge in [-0.2, -0.15) is 8.42 Å². The molecule has 0 fully saturated rings. The van der Waals surface area contributed by atoms with Crippen molar-refractivity contribution >= 4 is 49.1 Å². The van der Waals surface area contributed by atoms with E-state index in [4.69, 9.17) is 11.6 Å². The molecule has 5 nitrogen and oxygen atoms in total. The molecule has 0 saturated carbocycles. The van der Waals surface area contributed by atoms with Crippen LogP contribution in [0.25, 0.3) is 0 Å². The van der Waals surface area contributed by atoms with Crippen molar-refractivity contribution in [2.45, 2.75) is 18.7 Å². The molecule has 2 N–H and O–H groups in total. The van der Waals surface area contributed by atoms with Crippen LogP contribution in [-0.4, -0.2) is 19.4 Å². The number of anilines is 1. The third-order valence-electron chi connectivity index (χ3n) is 4.29. The average molecular weight is 494 g/mol. The molecule has 0 aromatic heterocycles. The Labute approximate surface area is 183 Å². The zero-order valence-corrected chi connectivity index (χ0v) is 18.8. The minimum Gasteiger partial charge on any atom is -0.507 e. The summed E-state index contributed by atoms with van der Waals surface area (Å²) >= 11 is 9.22. The fraction of sp³-hybridized carbons (Fsp3) is 0.0952. The van der Waals surface area contributed by atoms with Crippen molar-refractivity contribution in [1.82, 2.24) is 0 Å². The summed E-state index contributed by atoms with van der Waals surface area (Å²) in [4.78, 5) is 0.0393. The van der Waals surface area contributed by atoms with Crippen LogP contribution in [0.1, 0.15) is 16.7 Å². The molecule has 3 rings (SSSR count). The van der Waals surface area contributed by atoms with E-state index in [1.54, 1.807) is 30.3 Å². The highest BCUT2D eigenvalue weighted by molar-refractivity contribution is 9.10. The molecule has 0 saturated heterocycles. The summed E-state index contributed by atoms with van der Waals surface area (Å²) in [5.41, 5.74) is 2.74. The van der Waals surface area contributed by atoms with E-state index in [0.717, 1.165) is 11.1 Å². The van der Waals surface area contributed by atoms with Crippen molar-refractivity contribution in [1.29, 1.82) is 0 Å². The summed E-state index contributed by atoms with van der Waals surface area (Å²) in [6, 6.07) is 16.4. The first kappa shape index (κ1) is 21.4. The number of benzene rings is 3.